The summed E-state index contributed by atoms with van der Waals surface area (Å²) in [6, 6.07) is 18.1. The van der Waals surface area contributed by atoms with E-state index >= 15 is 0 Å². The number of hydrogen-bond donors (Lipinski definition) is 2. The van der Waals surface area contributed by atoms with Gasteiger partial charge in [0.15, 0.2) is 0 Å². The zero-order valence-corrected chi connectivity index (χ0v) is 31.5. The fourth-order valence-corrected chi connectivity index (χ4v) is 6.90. The molecule has 278 valence electrons. The Morgan fingerprint density at radius 1 is 0.569 bits per heavy atom. The van der Waals surface area contributed by atoms with Crippen molar-refractivity contribution in [1.82, 2.24) is 15.3 Å². The predicted molar refractivity (Wildman–Crippen MR) is 215 cm³/mol. The third-order valence-electron chi connectivity index (χ3n) is 9.90. The minimum Gasteiger partial charge on any atom is -0.481 e. The van der Waals surface area contributed by atoms with Crippen molar-refractivity contribution in [2.75, 3.05) is 6.54 Å². The molecule has 2 heterocycles. The highest BCUT2D eigenvalue weighted by atomic mass is 16.4. The van der Waals surface area contributed by atoms with Gasteiger partial charge in [-0.25, -0.2) is 0 Å². The molecule has 3 aromatic rings. The van der Waals surface area contributed by atoms with Gasteiger partial charge in [-0.2, -0.15) is 0 Å². The number of nitrogens with one attached hydrogen (secondary N) is 1. The van der Waals surface area contributed by atoms with Gasteiger partial charge in [-0.1, -0.05) is 144 Å². The maximum absolute atomic E-state index is 12.5. The molecule has 0 fully saturated rings. The summed E-state index contributed by atoms with van der Waals surface area (Å²) in [6.07, 6.45) is 43.2. The van der Waals surface area contributed by atoms with Crippen LogP contribution in [0.4, 0.5) is 0 Å². The molecular formula is C46H67N3O2. The first-order chi connectivity index (χ1) is 25.2. The predicted octanol–water partition coefficient (Wildman–Crippen LogP) is 12.0. The lowest BCUT2D eigenvalue weighted by Crippen LogP contribution is -2.39. The number of aryl methyl sites for hydroxylation is 2. The Hall–Kier alpha value is -3.57. The molecule has 2 atom stereocenters. The van der Waals surface area contributed by atoms with E-state index in [0.717, 1.165) is 57.1 Å². The summed E-state index contributed by atoms with van der Waals surface area (Å²) in [6.45, 7) is 0.895. The Balaban J connectivity index is 1.21. The summed E-state index contributed by atoms with van der Waals surface area (Å²) in [5, 5.41) is 13.9. The molecule has 1 aromatic carbocycles. The molecule has 0 bridgehead atoms. The average molecular weight is 694 g/mol. The standard InChI is InChI=1S/C46H67N3O2/c50-46(51)45(43-33-23-20-24-34-43)44(35-25-18-14-10-6-3-5-9-13-17-22-30-42-32-28-37-48-40-42)49-38-26-19-15-11-7-2-1-4-8-12-16-21-29-41-31-27-36-47-39-41/h12-13,16-17,20,23-24,27-28,31-34,36-37,39-40,44-45,49H,1-11,14-15,18-19,21-22,25-26,29-30,35,38H2,(H,50,51). The summed E-state index contributed by atoms with van der Waals surface area (Å²) >= 11 is 0. The van der Waals surface area contributed by atoms with Crippen LogP contribution in [-0.2, 0) is 17.6 Å². The van der Waals surface area contributed by atoms with E-state index in [0.29, 0.717) is 0 Å². The first-order valence-electron chi connectivity index (χ1n) is 20.3. The molecule has 3 rings (SSSR count). The van der Waals surface area contributed by atoms with Gasteiger partial charge in [-0.05, 0) is 99.6 Å². The molecule has 0 amide bonds. The van der Waals surface area contributed by atoms with Crippen molar-refractivity contribution in [2.45, 2.75) is 153 Å². The normalized spacial score (nSPS) is 12.9. The van der Waals surface area contributed by atoms with Crippen molar-refractivity contribution in [3.8, 4) is 0 Å². The molecular weight excluding hydrogens is 627 g/mol. The van der Waals surface area contributed by atoms with Gasteiger partial charge in [-0.15, -0.1) is 0 Å². The van der Waals surface area contributed by atoms with Gasteiger partial charge in [0.05, 0.1) is 5.92 Å². The summed E-state index contributed by atoms with van der Waals surface area (Å²) in [5.74, 6) is -1.22. The Morgan fingerprint density at radius 2 is 1.04 bits per heavy atom. The highest BCUT2D eigenvalue weighted by molar-refractivity contribution is 5.77. The Bertz CT molecular complexity index is 1300. The molecule has 0 aliphatic rings. The molecule has 2 unspecified atom stereocenters. The second-order valence-electron chi connectivity index (χ2n) is 14.2. The maximum Gasteiger partial charge on any atom is 0.312 e. The maximum atomic E-state index is 12.5. The van der Waals surface area contributed by atoms with Gasteiger partial charge in [0.2, 0.25) is 0 Å². The lowest BCUT2D eigenvalue weighted by Gasteiger charge is -2.26. The van der Waals surface area contributed by atoms with Crippen molar-refractivity contribution in [2.24, 2.45) is 0 Å². The number of nitrogens with zero attached hydrogens (tertiary/aromatic N) is 2. The van der Waals surface area contributed by atoms with Crippen LogP contribution in [0.15, 0.2) is 104 Å². The number of aromatic nitrogens is 2. The van der Waals surface area contributed by atoms with E-state index in [9.17, 15) is 9.90 Å². The third kappa shape index (κ3) is 20.8. The van der Waals surface area contributed by atoms with E-state index in [4.69, 9.17) is 0 Å². The zero-order chi connectivity index (χ0) is 35.9. The molecule has 0 radical (unpaired) electrons. The van der Waals surface area contributed by atoms with E-state index in [1.54, 1.807) is 0 Å². The molecule has 0 saturated carbocycles. The van der Waals surface area contributed by atoms with Crippen LogP contribution in [0.5, 0.6) is 0 Å². The van der Waals surface area contributed by atoms with Crippen LogP contribution < -0.4 is 5.32 Å². The number of hydrogen-bond acceptors (Lipinski definition) is 4. The number of allylic oxidation sites excluding steroid dienone is 4. The van der Waals surface area contributed by atoms with Crippen molar-refractivity contribution in [1.29, 1.82) is 0 Å². The first-order valence-corrected chi connectivity index (χ1v) is 20.3. The number of unbranched alkanes of at least 4 members (excludes halogenated alkanes) is 15. The van der Waals surface area contributed by atoms with E-state index < -0.39 is 11.9 Å². The lowest BCUT2D eigenvalue weighted by atomic mass is 9.88. The molecule has 0 aliphatic heterocycles. The number of rotatable bonds is 31. The van der Waals surface area contributed by atoms with E-state index in [1.165, 1.54) is 107 Å². The van der Waals surface area contributed by atoms with Gasteiger partial charge in [0.25, 0.3) is 0 Å². The van der Waals surface area contributed by atoms with Crippen LogP contribution in [0.25, 0.3) is 0 Å². The van der Waals surface area contributed by atoms with Crippen LogP contribution in [0, 0.1) is 0 Å². The molecule has 0 spiro atoms. The molecule has 51 heavy (non-hydrogen) atoms. The van der Waals surface area contributed by atoms with Crippen molar-refractivity contribution in [3.63, 3.8) is 0 Å². The van der Waals surface area contributed by atoms with Gasteiger partial charge in [0, 0.05) is 30.8 Å². The monoisotopic (exact) mass is 694 g/mol. The van der Waals surface area contributed by atoms with E-state index in [1.807, 2.05) is 67.3 Å². The fraction of sp³-hybridized carbons (Fsp3) is 0.543. The molecule has 5 nitrogen and oxygen atoms in total. The van der Waals surface area contributed by atoms with Crippen LogP contribution in [0.2, 0.25) is 0 Å². The van der Waals surface area contributed by atoms with E-state index in [-0.39, 0.29) is 6.04 Å². The van der Waals surface area contributed by atoms with Crippen molar-refractivity contribution in [3.05, 3.63) is 120 Å². The van der Waals surface area contributed by atoms with Crippen LogP contribution >= 0.6 is 0 Å². The minimum atomic E-state index is -0.718. The fourth-order valence-electron chi connectivity index (χ4n) is 6.90. The molecule has 2 N–H and O–H groups in total. The van der Waals surface area contributed by atoms with Crippen LogP contribution in [0.3, 0.4) is 0 Å². The summed E-state index contributed by atoms with van der Waals surface area (Å²) in [7, 11) is 0. The summed E-state index contributed by atoms with van der Waals surface area (Å²) < 4.78 is 0. The zero-order valence-electron chi connectivity index (χ0n) is 31.5. The minimum absolute atomic E-state index is 0.0285. The SMILES string of the molecule is O=C(O)C(c1ccccc1)C(CCCCCCCCCC=CCCc1cccnc1)NCCCCCCCCCCC=CCCc1cccnc1. The largest absolute Gasteiger partial charge is 0.481 e. The topological polar surface area (TPSA) is 75.1 Å². The highest BCUT2D eigenvalue weighted by Gasteiger charge is 2.29. The summed E-state index contributed by atoms with van der Waals surface area (Å²) in [5.41, 5.74) is 3.53. The molecule has 0 aliphatic carbocycles. The second kappa shape index (κ2) is 29.1. The lowest BCUT2D eigenvalue weighted by molar-refractivity contribution is -0.139. The van der Waals surface area contributed by atoms with Gasteiger partial charge < -0.3 is 10.4 Å². The third-order valence-corrected chi connectivity index (χ3v) is 9.90. The average Bonchev–Trinajstić information content (AvgIpc) is 3.16. The smallest absolute Gasteiger partial charge is 0.312 e. The number of carboxylic acid groups (broad SMARTS) is 1. The second-order valence-corrected chi connectivity index (χ2v) is 14.2. The Morgan fingerprint density at radius 3 is 1.53 bits per heavy atom. The quantitative estimate of drug-likeness (QED) is 0.0518. The Labute approximate surface area is 310 Å². The van der Waals surface area contributed by atoms with Gasteiger partial charge in [-0.3, -0.25) is 14.8 Å². The molecule has 2 aromatic heterocycles. The van der Waals surface area contributed by atoms with Crippen molar-refractivity contribution < 1.29 is 9.90 Å². The van der Waals surface area contributed by atoms with Crippen LogP contribution in [-0.4, -0.2) is 33.6 Å². The van der Waals surface area contributed by atoms with Gasteiger partial charge in [0.1, 0.15) is 0 Å². The number of pyridine rings is 2. The number of aliphatic carboxylic acids is 1. The number of carboxylic acids is 1. The van der Waals surface area contributed by atoms with Crippen molar-refractivity contribution >= 4 is 5.97 Å². The van der Waals surface area contributed by atoms with Gasteiger partial charge >= 0.3 is 5.97 Å². The Kier molecular flexibility index (Phi) is 23.8. The van der Waals surface area contributed by atoms with E-state index in [2.05, 4.69) is 51.7 Å². The molecule has 5 heteroatoms. The first kappa shape index (κ1) is 41.8. The summed E-state index contributed by atoms with van der Waals surface area (Å²) in [4.78, 5) is 20.8. The molecule has 0 saturated heterocycles. The highest BCUT2D eigenvalue weighted by Crippen LogP contribution is 2.25. The number of carbonyl (C=O) groups is 1. The van der Waals surface area contributed by atoms with Crippen LogP contribution in [0.1, 0.15) is 151 Å². The number of benzene rings is 1.